The minimum atomic E-state index is -2.38. The molecule has 1 aliphatic rings. The highest BCUT2D eigenvalue weighted by atomic mass is 35.5. The van der Waals surface area contributed by atoms with Crippen molar-refractivity contribution in [3.63, 3.8) is 0 Å². The third-order valence-electron chi connectivity index (χ3n) is 3.53. The van der Waals surface area contributed by atoms with Crippen LogP contribution in [0.1, 0.15) is 23.2 Å². The van der Waals surface area contributed by atoms with Crippen LogP contribution in [0.4, 0.5) is 0 Å². The van der Waals surface area contributed by atoms with Gasteiger partial charge >= 0.3 is 5.97 Å². The molecular weight excluding hydrogens is 284 g/mol. The summed E-state index contributed by atoms with van der Waals surface area (Å²) in [5, 5.41) is 10.8. The van der Waals surface area contributed by atoms with E-state index in [4.69, 9.17) is 11.6 Å². The number of esters is 1. The average Bonchev–Trinajstić information content (AvgIpc) is 2.75. The molecule has 6 heteroatoms. The standard InChI is InChI=1S/C14H13ClO5/c1-20-13(18)14(19)10(6-7-11(14)16)12(17)8-2-4-9(15)5-3-8/h2-5,10,19H,6-7H2,1H3/t10-,14-/m1/s1. The summed E-state index contributed by atoms with van der Waals surface area (Å²) in [6.07, 6.45) is 0.0848. The van der Waals surface area contributed by atoms with Crippen molar-refractivity contribution >= 4 is 29.1 Å². The van der Waals surface area contributed by atoms with Gasteiger partial charge in [-0.25, -0.2) is 4.79 Å². The van der Waals surface area contributed by atoms with E-state index in [0.29, 0.717) is 5.02 Å². The van der Waals surface area contributed by atoms with Gasteiger partial charge in [0.1, 0.15) is 0 Å². The van der Waals surface area contributed by atoms with Crippen molar-refractivity contribution in [3.8, 4) is 0 Å². The third-order valence-corrected chi connectivity index (χ3v) is 3.78. The molecule has 2 rings (SSSR count). The van der Waals surface area contributed by atoms with Crippen LogP contribution >= 0.6 is 11.6 Å². The summed E-state index contributed by atoms with van der Waals surface area (Å²) in [4.78, 5) is 35.8. The van der Waals surface area contributed by atoms with Crippen molar-refractivity contribution < 1.29 is 24.2 Å². The summed E-state index contributed by atoms with van der Waals surface area (Å²) in [6, 6.07) is 6.04. The predicted molar refractivity (Wildman–Crippen MR) is 70.5 cm³/mol. The zero-order valence-electron chi connectivity index (χ0n) is 10.8. The molecule has 1 N–H and O–H groups in total. The minimum Gasteiger partial charge on any atom is -0.467 e. The highest BCUT2D eigenvalue weighted by molar-refractivity contribution is 6.30. The van der Waals surface area contributed by atoms with E-state index in [9.17, 15) is 19.5 Å². The maximum absolute atomic E-state index is 12.4. The van der Waals surface area contributed by atoms with Crippen molar-refractivity contribution in [2.45, 2.75) is 18.4 Å². The number of aliphatic hydroxyl groups is 1. The second-order valence-corrected chi connectivity index (χ2v) is 5.08. The molecule has 0 amide bonds. The Labute approximate surface area is 120 Å². The molecule has 0 bridgehead atoms. The number of carbonyl (C=O) groups is 3. The number of halogens is 1. The van der Waals surface area contributed by atoms with Crippen LogP contribution in [0.25, 0.3) is 0 Å². The van der Waals surface area contributed by atoms with Crippen molar-refractivity contribution in [3.05, 3.63) is 34.9 Å². The number of hydrogen-bond acceptors (Lipinski definition) is 5. The van der Waals surface area contributed by atoms with Crippen LogP contribution in [-0.2, 0) is 14.3 Å². The molecule has 20 heavy (non-hydrogen) atoms. The van der Waals surface area contributed by atoms with Gasteiger partial charge in [-0.2, -0.15) is 0 Å². The first-order valence-corrected chi connectivity index (χ1v) is 6.43. The van der Waals surface area contributed by atoms with Crippen molar-refractivity contribution in [2.75, 3.05) is 7.11 Å². The van der Waals surface area contributed by atoms with E-state index in [0.717, 1.165) is 7.11 Å². The molecule has 1 aromatic rings. The maximum atomic E-state index is 12.4. The molecule has 0 heterocycles. The molecule has 0 saturated heterocycles. The normalized spacial score (nSPS) is 25.6. The average molecular weight is 297 g/mol. The fourth-order valence-electron chi connectivity index (χ4n) is 2.42. The topological polar surface area (TPSA) is 80.7 Å². The lowest BCUT2D eigenvalue weighted by molar-refractivity contribution is -0.168. The van der Waals surface area contributed by atoms with Crippen LogP contribution < -0.4 is 0 Å². The van der Waals surface area contributed by atoms with Gasteiger partial charge in [-0.1, -0.05) is 11.6 Å². The quantitative estimate of drug-likeness (QED) is 0.518. The molecule has 0 aliphatic heterocycles. The number of methoxy groups -OCH3 is 1. The first-order chi connectivity index (χ1) is 9.41. The third kappa shape index (κ3) is 2.23. The van der Waals surface area contributed by atoms with E-state index in [-0.39, 0.29) is 18.4 Å². The monoisotopic (exact) mass is 296 g/mol. The Morgan fingerprint density at radius 2 is 1.95 bits per heavy atom. The molecule has 1 fully saturated rings. The van der Waals surface area contributed by atoms with E-state index in [2.05, 4.69) is 4.74 Å². The predicted octanol–water partition coefficient (Wildman–Crippen LogP) is 1.41. The van der Waals surface area contributed by atoms with E-state index < -0.39 is 29.1 Å². The number of hydrogen-bond donors (Lipinski definition) is 1. The van der Waals surface area contributed by atoms with E-state index in [1.807, 2.05) is 0 Å². The van der Waals surface area contributed by atoms with Gasteiger partial charge in [0.2, 0.25) is 5.60 Å². The van der Waals surface area contributed by atoms with Crippen molar-refractivity contribution in [2.24, 2.45) is 5.92 Å². The highest BCUT2D eigenvalue weighted by Crippen LogP contribution is 2.36. The Morgan fingerprint density at radius 3 is 2.50 bits per heavy atom. The SMILES string of the molecule is COC(=O)[C@]1(O)C(=O)CC[C@@H]1C(=O)c1ccc(Cl)cc1. The van der Waals surface area contributed by atoms with Crippen LogP contribution in [0.15, 0.2) is 24.3 Å². The van der Waals surface area contributed by atoms with Crippen molar-refractivity contribution in [1.82, 2.24) is 0 Å². The molecule has 1 saturated carbocycles. The van der Waals surface area contributed by atoms with Gasteiger partial charge in [0.25, 0.3) is 0 Å². The summed E-state index contributed by atoms with van der Waals surface area (Å²) in [6.45, 7) is 0. The molecule has 0 radical (unpaired) electrons. The van der Waals surface area contributed by atoms with Crippen LogP contribution in [0.5, 0.6) is 0 Å². The summed E-state index contributed by atoms with van der Waals surface area (Å²) in [5.41, 5.74) is -2.10. The van der Waals surface area contributed by atoms with Crippen LogP contribution in [0.3, 0.4) is 0 Å². The minimum absolute atomic E-state index is 0.0321. The number of carbonyl (C=O) groups excluding carboxylic acids is 3. The van der Waals surface area contributed by atoms with Gasteiger partial charge in [-0.05, 0) is 30.7 Å². The van der Waals surface area contributed by atoms with Crippen molar-refractivity contribution in [1.29, 1.82) is 0 Å². The first-order valence-electron chi connectivity index (χ1n) is 6.05. The molecule has 2 atom stereocenters. The number of rotatable bonds is 3. The Hall–Kier alpha value is -1.72. The van der Waals surface area contributed by atoms with Gasteiger partial charge in [0, 0.05) is 17.0 Å². The Bertz CT molecular complexity index is 565. The second kappa shape index (κ2) is 5.34. The summed E-state index contributed by atoms with van der Waals surface area (Å²) < 4.78 is 4.46. The van der Waals surface area contributed by atoms with E-state index >= 15 is 0 Å². The fourth-order valence-corrected chi connectivity index (χ4v) is 2.54. The Balaban J connectivity index is 2.36. The highest BCUT2D eigenvalue weighted by Gasteiger charge is 2.58. The fraction of sp³-hybridized carbons (Fsp3) is 0.357. The molecule has 106 valence electrons. The largest absolute Gasteiger partial charge is 0.467 e. The molecule has 0 spiro atoms. The lowest BCUT2D eigenvalue weighted by atomic mass is 9.84. The molecule has 5 nitrogen and oxygen atoms in total. The first kappa shape index (κ1) is 14.7. The smallest absolute Gasteiger partial charge is 0.346 e. The number of ketones is 2. The number of ether oxygens (including phenoxy) is 1. The lowest BCUT2D eigenvalue weighted by Gasteiger charge is -2.24. The summed E-state index contributed by atoms with van der Waals surface area (Å²) in [5.74, 6) is -3.37. The van der Waals surface area contributed by atoms with Gasteiger partial charge in [0.05, 0.1) is 13.0 Å². The van der Waals surface area contributed by atoms with Crippen LogP contribution in [0.2, 0.25) is 5.02 Å². The van der Waals surface area contributed by atoms with Crippen LogP contribution in [0, 0.1) is 5.92 Å². The second-order valence-electron chi connectivity index (χ2n) is 4.64. The summed E-state index contributed by atoms with van der Waals surface area (Å²) in [7, 11) is 1.07. The van der Waals surface area contributed by atoms with E-state index in [1.54, 1.807) is 0 Å². The van der Waals surface area contributed by atoms with E-state index in [1.165, 1.54) is 24.3 Å². The molecule has 1 aromatic carbocycles. The molecular formula is C14H13ClO5. The maximum Gasteiger partial charge on any atom is 0.346 e. The van der Waals surface area contributed by atoms with Crippen LogP contribution in [-0.4, -0.2) is 35.4 Å². The zero-order valence-corrected chi connectivity index (χ0v) is 11.5. The van der Waals surface area contributed by atoms with Gasteiger partial charge in [-0.15, -0.1) is 0 Å². The molecule has 0 unspecified atom stereocenters. The summed E-state index contributed by atoms with van der Waals surface area (Å²) >= 11 is 5.74. The van der Waals surface area contributed by atoms with Gasteiger partial charge in [-0.3, -0.25) is 9.59 Å². The Kier molecular flexibility index (Phi) is 3.92. The number of Topliss-reactive ketones (excluding diaryl/α,β-unsaturated/α-hetero) is 2. The molecule has 1 aliphatic carbocycles. The number of benzene rings is 1. The lowest BCUT2D eigenvalue weighted by Crippen LogP contribution is -2.51. The zero-order chi connectivity index (χ0) is 14.9. The Morgan fingerprint density at radius 1 is 1.35 bits per heavy atom. The molecule has 0 aromatic heterocycles. The van der Waals surface area contributed by atoms with Gasteiger partial charge in [0.15, 0.2) is 11.6 Å². The van der Waals surface area contributed by atoms with Gasteiger partial charge < -0.3 is 9.84 Å².